The number of rotatable bonds is 28. The molecule has 0 aliphatic carbocycles. The van der Waals surface area contributed by atoms with Crippen LogP contribution in [0.15, 0.2) is 24.3 Å². The number of carboxylic acids is 4. The smallest absolute Gasteiger partial charge is 0.340 e. The Bertz CT molecular complexity index is 1940. The molecule has 28 heteroatoms. The maximum atomic E-state index is 13.9. The molecule has 350 valence electrons. The molecule has 1 aromatic rings. The average molecular weight is 919 g/mol. The van der Waals surface area contributed by atoms with Gasteiger partial charge in [0.2, 0.25) is 35.4 Å². The molecular weight excluding hydrogens is 867 g/mol. The molecule has 9 atom stereocenters. The first-order valence-electron chi connectivity index (χ1n) is 18.6. The summed E-state index contributed by atoms with van der Waals surface area (Å²) in [4.78, 5) is 156. The van der Waals surface area contributed by atoms with Crippen LogP contribution in [0.4, 0.5) is 0 Å². The van der Waals surface area contributed by atoms with Gasteiger partial charge in [0.1, 0.15) is 29.8 Å². The van der Waals surface area contributed by atoms with E-state index in [0.717, 1.165) is 26.0 Å². The van der Waals surface area contributed by atoms with E-state index in [-0.39, 0.29) is 17.5 Å². The van der Waals surface area contributed by atoms with Gasteiger partial charge in [0.15, 0.2) is 5.78 Å². The van der Waals surface area contributed by atoms with Crippen LogP contribution in [0.3, 0.4) is 0 Å². The molecule has 0 aliphatic heterocycles. The van der Waals surface area contributed by atoms with Gasteiger partial charge in [-0.05, 0) is 44.2 Å². The minimum absolute atomic E-state index is 0.219. The van der Waals surface area contributed by atoms with E-state index < -0.39 is 165 Å². The number of hydrogen-bond acceptors (Lipinski definition) is 15. The molecule has 1 unspecified atom stereocenters. The predicted molar refractivity (Wildman–Crippen MR) is 210 cm³/mol. The van der Waals surface area contributed by atoms with Crippen LogP contribution in [0.2, 0.25) is 0 Å². The van der Waals surface area contributed by atoms with Gasteiger partial charge in [-0.3, -0.25) is 57.3 Å². The van der Waals surface area contributed by atoms with Crippen LogP contribution in [0.5, 0.6) is 0 Å². The number of carboxylic acid groups (broad SMARTS) is 4. The monoisotopic (exact) mass is 918 g/mol. The molecule has 0 spiro atoms. The number of carbonyl (C=O) groups is 11. The van der Waals surface area contributed by atoms with E-state index in [1.807, 2.05) is 16.0 Å². The van der Waals surface area contributed by atoms with Crippen LogP contribution >= 0.6 is 7.60 Å². The molecule has 0 bridgehead atoms. The zero-order valence-electron chi connectivity index (χ0n) is 33.7. The molecule has 18 N–H and O–H groups in total. The second kappa shape index (κ2) is 24.9. The molecular formula is C35H51N8O19P. The quantitative estimate of drug-likeness (QED) is 0.0349. The lowest BCUT2D eigenvalue weighted by molar-refractivity contribution is -0.142. The first kappa shape index (κ1) is 54.6. The number of primary amides is 1. The summed E-state index contributed by atoms with van der Waals surface area (Å²) in [5, 5.41) is 56.8. The highest BCUT2D eigenvalue weighted by molar-refractivity contribution is 7.53. The molecule has 0 heterocycles. The molecule has 1 aromatic carbocycles. The summed E-state index contributed by atoms with van der Waals surface area (Å²) in [6.07, 6.45) is -6.70. The Kier molecular flexibility index (Phi) is 21.6. The number of hydrogen-bond donors (Lipinski definition) is 15. The van der Waals surface area contributed by atoms with Gasteiger partial charge in [-0.25, -0.2) is 0 Å². The maximum Gasteiger partial charge on any atom is 0.340 e. The number of carbonyl (C=O) groups excluding carboxylic acids is 7. The fraction of sp³-hybridized carbons (Fsp3) is 0.514. The highest BCUT2D eigenvalue weighted by atomic mass is 31.2. The molecule has 63 heavy (non-hydrogen) atoms. The van der Waals surface area contributed by atoms with Gasteiger partial charge in [-0.2, -0.15) is 0 Å². The van der Waals surface area contributed by atoms with Crippen molar-refractivity contribution in [2.75, 3.05) is 0 Å². The largest absolute Gasteiger partial charge is 0.481 e. The number of aliphatic carboxylic acids is 4. The van der Waals surface area contributed by atoms with Gasteiger partial charge in [0.05, 0.1) is 37.1 Å². The van der Waals surface area contributed by atoms with Gasteiger partial charge in [-0.1, -0.05) is 24.3 Å². The predicted octanol–water partition coefficient (Wildman–Crippen LogP) is -5.34. The average Bonchev–Trinajstić information content (AvgIpc) is 3.15. The van der Waals surface area contributed by atoms with E-state index >= 15 is 0 Å². The van der Waals surface area contributed by atoms with Crippen LogP contribution < -0.4 is 43.8 Å². The van der Waals surface area contributed by atoms with Crippen LogP contribution in [0.1, 0.15) is 69.2 Å². The fourth-order valence-electron chi connectivity index (χ4n) is 5.51. The van der Waals surface area contributed by atoms with E-state index in [1.54, 1.807) is 0 Å². The van der Waals surface area contributed by atoms with Gasteiger partial charge < -0.3 is 79.1 Å². The summed E-state index contributed by atoms with van der Waals surface area (Å²) in [6, 6.07) is -7.62. The van der Waals surface area contributed by atoms with Gasteiger partial charge >= 0.3 is 31.5 Å². The molecule has 0 saturated carbocycles. The molecule has 0 fully saturated rings. The molecule has 0 radical (unpaired) electrons. The van der Waals surface area contributed by atoms with Crippen molar-refractivity contribution in [1.82, 2.24) is 26.6 Å². The van der Waals surface area contributed by atoms with Gasteiger partial charge in [0, 0.05) is 12.8 Å². The molecule has 6 amide bonds. The maximum absolute atomic E-state index is 13.9. The third-order valence-corrected chi connectivity index (χ3v) is 10.1. The Balaban J connectivity index is 3.40. The van der Waals surface area contributed by atoms with E-state index in [1.165, 1.54) is 12.1 Å². The van der Waals surface area contributed by atoms with Crippen molar-refractivity contribution in [3.63, 3.8) is 0 Å². The summed E-state index contributed by atoms with van der Waals surface area (Å²) < 4.78 is 12.8. The lowest BCUT2D eigenvalue weighted by atomic mass is 9.97. The molecule has 0 saturated heterocycles. The van der Waals surface area contributed by atoms with Crippen molar-refractivity contribution in [2.45, 2.75) is 113 Å². The number of Topliss-reactive ketones (excluding diaryl/α,β-unsaturated/α-hetero) is 1. The van der Waals surface area contributed by atoms with Gasteiger partial charge in [0.25, 0.3) is 0 Å². The summed E-state index contributed by atoms with van der Waals surface area (Å²) in [5.74, 6) is -14.7. The SMILES string of the molecule is C[C@H](NC(=O)[C@@H](NC(=O)[C@@H](N)Cc1ccc(C(C(=O)[C@H](CCC(=O)O)NC(=O)[C@H](CC(N)=O)NC(=O)[C@H](CC(=O)O)NC(=O)[C@@H](N)CCC(=O)O)P(=O)(O)O)cc1)[C@@H](C)O)C(=O)O. The minimum atomic E-state index is -5.55. The molecule has 1 rings (SSSR count). The Morgan fingerprint density at radius 3 is 1.56 bits per heavy atom. The first-order valence-corrected chi connectivity index (χ1v) is 20.3. The second-order valence-corrected chi connectivity index (χ2v) is 15.9. The van der Waals surface area contributed by atoms with Crippen molar-refractivity contribution < 1.29 is 92.6 Å². The third kappa shape index (κ3) is 19.1. The third-order valence-electron chi connectivity index (χ3n) is 8.85. The topological polar surface area (TPSA) is 485 Å². The standard InChI is InChI=1S/C35H51N8O19P/c1-14(35(58)59)39-34(57)27(15(2)44)43-31(54)19(37)11-16-3-5-17(6-4-16)29(63(60,61)62)28(52)20(8-10-25(48)49)40-32(55)21(12-23(38)45)42-33(56)22(13-26(50)51)41-30(53)18(36)7-9-24(46)47/h3-6,14-15,18-22,27,29,44H,7-13,36-37H2,1-2H3,(H2,38,45)(H,39,57)(H,40,55)(H,41,53)(H,42,56)(H,43,54)(H,46,47)(H,48,49)(H,50,51)(H,58,59)(H2,60,61,62)/t14-,15+,18-,19-,20-,21-,22-,27-,29?/m0/s1. The van der Waals surface area contributed by atoms with Crippen LogP contribution in [0.25, 0.3) is 0 Å². The van der Waals surface area contributed by atoms with Crippen molar-refractivity contribution in [2.24, 2.45) is 17.2 Å². The first-order chi connectivity index (χ1) is 29.0. The fourth-order valence-corrected chi connectivity index (χ4v) is 6.58. The number of nitrogens with two attached hydrogens (primary N) is 3. The number of aliphatic hydroxyl groups is 1. The van der Waals surface area contributed by atoms with Crippen molar-refractivity contribution in [1.29, 1.82) is 0 Å². The van der Waals surface area contributed by atoms with Crippen LogP contribution in [0, 0.1) is 0 Å². The summed E-state index contributed by atoms with van der Waals surface area (Å²) in [5.41, 5.74) is 14.2. The number of ketones is 1. The zero-order valence-corrected chi connectivity index (χ0v) is 34.6. The van der Waals surface area contributed by atoms with Crippen molar-refractivity contribution in [3.05, 3.63) is 35.4 Å². The van der Waals surface area contributed by atoms with Gasteiger partial charge in [-0.15, -0.1) is 0 Å². The van der Waals surface area contributed by atoms with E-state index in [4.69, 9.17) is 27.4 Å². The summed E-state index contributed by atoms with van der Waals surface area (Å²) in [6.45, 7) is 2.28. The van der Waals surface area contributed by atoms with Crippen molar-refractivity contribution >= 4 is 72.7 Å². The minimum Gasteiger partial charge on any atom is -0.481 e. The van der Waals surface area contributed by atoms with Crippen LogP contribution in [-0.2, 0) is 63.7 Å². The number of nitrogens with one attached hydrogen (secondary N) is 5. The molecule has 0 aromatic heterocycles. The number of amides is 6. The van der Waals surface area contributed by atoms with E-state index in [9.17, 15) is 82.4 Å². The highest BCUT2D eigenvalue weighted by Crippen LogP contribution is 2.53. The summed E-state index contributed by atoms with van der Waals surface area (Å²) in [7, 11) is -5.55. The van der Waals surface area contributed by atoms with Crippen molar-refractivity contribution in [3.8, 4) is 0 Å². The highest BCUT2D eigenvalue weighted by Gasteiger charge is 2.42. The Labute approximate surface area is 357 Å². The molecule has 27 nitrogen and oxygen atoms in total. The van der Waals surface area contributed by atoms with Crippen LogP contribution in [-0.4, -0.2) is 149 Å². The molecule has 0 aliphatic rings. The Morgan fingerprint density at radius 2 is 1.10 bits per heavy atom. The summed E-state index contributed by atoms with van der Waals surface area (Å²) >= 11 is 0. The van der Waals surface area contributed by atoms with E-state index in [0.29, 0.717) is 0 Å². The van der Waals surface area contributed by atoms with E-state index in [2.05, 4.69) is 10.6 Å². The second-order valence-electron chi connectivity index (χ2n) is 14.2. The number of benzene rings is 1. The normalized spacial score (nSPS) is 15.5. The Hall–Kier alpha value is -6.38. The zero-order chi connectivity index (χ0) is 48.5. The Morgan fingerprint density at radius 1 is 0.619 bits per heavy atom. The lowest BCUT2D eigenvalue weighted by Gasteiger charge is -2.27. The lowest BCUT2D eigenvalue weighted by Crippen LogP contribution is -2.58. The number of aliphatic hydroxyl groups excluding tert-OH is 1.